The Kier molecular flexibility index (Phi) is 5.21. The van der Waals surface area contributed by atoms with E-state index in [4.69, 9.17) is 0 Å². The van der Waals surface area contributed by atoms with Gasteiger partial charge >= 0.3 is 6.03 Å². The molecule has 4 bridgehead atoms. The van der Waals surface area contributed by atoms with E-state index in [-0.39, 0.29) is 23.5 Å². The lowest BCUT2D eigenvalue weighted by Gasteiger charge is -2.56. The highest BCUT2D eigenvalue weighted by molar-refractivity contribution is 5.97. The van der Waals surface area contributed by atoms with Crippen molar-refractivity contribution in [3.63, 3.8) is 0 Å². The van der Waals surface area contributed by atoms with Crippen molar-refractivity contribution in [1.29, 1.82) is 0 Å². The second kappa shape index (κ2) is 7.51. The highest BCUT2D eigenvalue weighted by Gasteiger charge is 2.51. The molecule has 5 heteroatoms. The van der Waals surface area contributed by atoms with Crippen LogP contribution in [0.25, 0.3) is 0 Å². The van der Waals surface area contributed by atoms with E-state index in [1.165, 1.54) is 24.8 Å². The Balaban J connectivity index is 1.30. The number of benzene rings is 1. The van der Waals surface area contributed by atoms with Crippen LogP contribution in [0.4, 0.5) is 4.79 Å². The number of urea groups is 1. The van der Waals surface area contributed by atoms with Crippen molar-refractivity contribution in [2.24, 2.45) is 17.8 Å². The molecule has 28 heavy (non-hydrogen) atoms. The summed E-state index contributed by atoms with van der Waals surface area (Å²) in [5.74, 6) is 2.06. The molecule has 3 amide bonds. The first-order valence-electron chi connectivity index (χ1n) is 10.7. The van der Waals surface area contributed by atoms with Crippen molar-refractivity contribution < 1.29 is 9.59 Å². The lowest BCUT2D eigenvalue weighted by Crippen LogP contribution is -2.62. The van der Waals surface area contributed by atoms with Crippen LogP contribution in [0.3, 0.4) is 0 Å². The number of carbonyl (C=O) groups is 2. The summed E-state index contributed by atoms with van der Waals surface area (Å²) in [6.45, 7) is 4.58. The van der Waals surface area contributed by atoms with Crippen LogP contribution in [0.5, 0.6) is 0 Å². The Morgan fingerprint density at radius 1 is 1.07 bits per heavy atom. The van der Waals surface area contributed by atoms with Crippen LogP contribution >= 0.6 is 0 Å². The third-order valence-electron chi connectivity index (χ3n) is 7.25. The van der Waals surface area contributed by atoms with Crippen molar-refractivity contribution in [3.05, 3.63) is 35.4 Å². The molecule has 5 rings (SSSR count). The molecule has 4 fully saturated rings. The summed E-state index contributed by atoms with van der Waals surface area (Å²) in [4.78, 5) is 27.2. The molecule has 5 nitrogen and oxygen atoms in total. The number of hydrogen-bond acceptors (Lipinski definition) is 3. The molecule has 2 N–H and O–H groups in total. The first-order chi connectivity index (χ1) is 13.3. The fourth-order valence-corrected chi connectivity index (χ4v) is 6.07. The molecule has 1 atom stereocenters. The van der Waals surface area contributed by atoms with Crippen LogP contribution in [0.15, 0.2) is 24.3 Å². The first-order valence-corrected chi connectivity index (χ1v) is 10.7. The maximum atomic E-state index is 12.6. The molecular formula is C23H33N3O2. The monoisotopic (exact) mass is 383 g/mol. The van der Waals surface area contributed by atoms with Gasteiger partial charge in [0, 0.05) is 12.1 Å². The summed E-state index contributed by atoms with van der Waals surface area (Å²) in [7, 11) is 1.92. The van der Waals surface area contributed by atoms with Gasteiger partial charge in [0.1, 0.15) is 0 Å². The summed E-state index contributed by atoms with van der Waals surface area (Å²) in [5.41, 5.74) is 2.31. The molecule has 4 aliphatic carbocycles. The molecular weight excluding hydrogens is 350 g/mol. The largest absolute Gasteiger partial charge is 0.332 e. The molecule has 1 unspecified atom stereocenters. The molecule has 1 aromatic rings. The number of amides is 3. The van der Waals surface area contributed by atoms with E-state index >= 15 is 0 Å². The normalized spacial score (nSPS) is 31.6. The van der Waals surface area contributed by atoms with E-state index in [2.05, 4.69) is 41.8 Å². The minimum absolute atomic E-state index is 0.0733. The second-order valence-electron chi connectivity index (χ2n) is 9.72. The van der Waals surface area contributed by atoms with Gasteiger partial charge in [0.05, 0.1) is 6.04 Å². The van der Waals surface area contributed by atoms with Gasteiger partial charge in [0.2, 0.25) is 5.91 Å². The van der Waals surface area contributed by atoms with Crippen molar-refractivity contribution in [2.75, 3.05) is 7.05 Å². The van der Waals surface area contributed by atoms with Crippen LogP contribution in [-0.4, -0.2) is 35.5 Å². The van der Waals surface area contributed by atoms with Gasteiger partial charge in [0.15, 0.2) is 0 Å². The molecule has 0 aromatic heterocycles. The zero-order valence-corrected chi connectivity index (χ0v) is 17.3. The number of imide groups is 1. The zero-order valence-electron chi connectivity index (χ0n) is 17.3. The number of likely N-dealkylation sites (N-methyl/N-ethyl adjacent to an activating group) is 1. The smallest absolute Gasteiger partial charge is 0.321 e. The zero-order chi connectivity index (χ0) is 19.9. The Labute approximate surface area is 168 Å². The van der Waals surface area contributed by atoms with Crippen LogP contribution in [-0.2, 0) is 11.3 Å². The van der Waals surface area contributed by atoms with E-state index in [0.717, 1.165) is 42.6 Å². The minimum atomic E-state index is -0.372. The maximum absolute atomic E-state index is 12.6. The number of nitrogens with zero attached hydrogens (tertiary/aromatic N) is 1. The predicted octanol–water partition coefficient (Wildman–Crippen LogP) is 3.61. The average Bonchev–Trinajstić information content (AvgIpc) is 2.61. The van der Waals surface area contributed by atoms with Crippen LogP contribution < -0.4 is 10.6 Å². The van der Waals surface area contributed by atoms with E-state index in [0.29, 0.717) is 6.54 Å². The number of rotatable bonds is 5. The van der Waals surface area contributed by atoms with Gasteiger partial charge in [0.25, 0.3) is 0 Å². The number of hydrogen-bond donors (Lipinski definition) is 2. The SMILES string of the molecule is Cc1ccc(CN(C)C(C)C(=O)NC(=O)NC23CC4CC(CC(C4)C2)C3)cc1. The van der Waals surface area contributed by atoms with Crippen molar-refractivity contribution in [3.8, 4) is 0 Å². The van der Waals surface area contributed by atoms with Gasteiger partial charge in [-0.05, 0) is 82.7 Å². The highest BCUT2D eigenvalue weighted by Crippen LogP contribution is 2.55. The fourth-order valence-electron chi connectivity index (χ4n) is 6.07. The Bertz CT molecular complexity index is 707. The van der Waals surface area contributed by atoms with Gasteiger partial charge in [-0.3, -0.25) is 15.0 Å². The third-order valence-corrected chi connectivity index (χ3v) is 7.25. The summed E-state index contributed by atoms with van der Waals surface area (Å²) in [6, 6.07) is 7.62. The van der Waals surface area contributed by atoms with Gasteiger partial charge < -0.3 is 5.32 Å². The summed E-state index contributed by atoms with van der Waals surface area (Å²) in [6.07, 6.45) is 7.27. The van der Waals surface area contributed by atoms with Crippen LogP contribution in [0, 0.1) is 24.7 Å². The standard InChI is InChI=1S/C23H33N3O2/c1-15-4-6-17(7-5-15)14-26(3)16(2)21(27)24-22(28)25-23-11-18-8-19(12-23)10-20(9-18)13-23/h4-7,16,18-20H,8-14H2,1-3H3,(H2,24,25,27,28). The lowest BCUT2D eigenvalue weighted by atomic mass is 9.53. The molecule has 1 aromatic carbocycles. The third kappa shape index (κ3) is 4.09. The highest BCUT2D eigenvalue weighted by atomic mass is 16.2. The predicted molar refractivity (Wildman–Crippen MR) is 110 cm³/mol. The summed E-state index contributed by atoms with van der Waals surface area (Å²) in [5, 5.41) is 5.82. The molecule has 0 aliphatic heterocycles. The summed E-state index contributed by atoms with van der Waals surface area (Å²) >= 11 is 0. The fraction of sp³-hybridized carbons (Fsp3) is 0.652. The van der Waals surface area contributed by atoms with Crippen LogP contribution in [0.2, 0.25) is 0 Å². The van der Waals surface area contributed by atoms with E-state index in [1.807, 2.05) is 18.9 Å². The second-order valence-corrected chi connectivity index (χ2v) is 9.72. The summed E-state index contributed by atoms with van der Waals surface area (Å²) < 4.78 is 0. The quantitative estimate of drug-likeness (QED) is 0.816. The van der Waals surface area contributed by atoms with Crippen molar-refractivity contribution >= 4 is 11.9 Å². The van der Waals surface area contributed by atoms with E-state index in [9.17, 15) is 9.59 Å². The van der Waals surface area contributed by atoms with Gasteiger partial charge in [-0.15, -0.1) is 0 Å². The molecule has 0 radical (unpaired) electrons. The Morgan fingerprint density at radius 3 is 2.14 bits per heavy atom. The van der Waals surface area contributed by atoms with E-state index < -0.39 is 0 Å². The van der Waals surface area contributed by atoms with E-state index in [1.54, 1.807) is 0 Å². The molecule has 0 saturated heterocycles. The van der Waals surface area contributed by atoms with Gasteiger partial charge in [-0.25, -0.2) is 4.79 Å². The lowest BCUT2D eigenvalue weighted by molar-refractivity contribution is -0.124. The first kappa shape index (κ1) is 19.4. The average molecular weight is 384 g/mol. The minimum Gasteiger partial charge on any atom is -0.332 e. The van der Waals surface area contributed by atoms with Crippen molar-refractivity contribution in [2.45, 2.75) is 70.5 Å². The molecule has 4 aliphatic rings. The number of carbonyl (C=O) groups excluding carboxylic acids is 2. The number of nitrogens with one attached hydrogen (secondary N) is 2. The van der Waals surface area contributed by atoms with Crippen LogP contribution in [0.1, 0.15) is 56.6 Å². The Hall–Kier alpha value is -1.88. The van der Waals surface area contributed by atoms with Crippen molar-refractivity contribution in [1.82, 2.24) is 15.5 Å². The Morgan fingerprint density at radius 2 is 1.61 bits per heavy atom. The topological polar surface area (TPSA) is 61.4 Å². The molecule has 0 heterocycles. The molecule has 4 saturated carbocycles. The molecule has 152 valence electrons. The number of aryl methyl sites for hydroxylation is 1. The van der Waals surface area contributed by atoms with Gasteiger partial charge in [-0.1, -0.05) is 29.8 Å². The molecule has 0 spiro atoms. The van der Waals surface area contributed by atoms with Gasteiger partial charge in [-0.2, -0.15) is 0 Å². The maximum Gasteiger partial charge on any atom is 0.321 e.